The van der Waals surface area contributed by atoms with Crippen LogP contribution in [-0.4, -0.2) is 31.0 Å². The summed E-state index contributed by atoms with van der Waals surface area (Å²) in [6, 6.07) is 4.10. The summed E-state index contributed by atoms with van der Waals surface area (Å²) in [5.74, 6) is -0.0580. The molecule has 1 aromatic heterocycles. The Labute approximate surface area is 148 Å². The van der Waals surface area contributed by atoms with Gasteiger partial charge in [-0.15, -0.1) is 5.10 Å². The lowest BCUT2D eigenvalue weighted by molar-refractivity contribution is -0.385. The minimum absolute atomic E-state index is 0.0887. The van der Waals surface area contributed by atoms with Gasteiger partial charge in [-0.05, 0) is 35.4 Å². The molecular weight excluding hydrogens is 348 g/mol. The highest BCUT2D eigenvalue weighted by Crippen LogP contribution is 2.28. The molecule has 132 valence electrons. The predicted molar refractivity (Wildman–Crippen MR) is 89.2 cm³/mol. The first-order valence-corrected chi connectivity index (χ1v) is 8.43. The van der Waals surface area contributed by atoms with E-state index in [0.29, 0.717) is 5.82 Å². The zero-order chi connectivity index (χ0) is 17.8. The van der Waals surface area contributed by atoms with Gasteiger partial charge in [0.05, 0.1) is 17.5 Å². The summed E-state index contributed by atoms with van der Waals surface area (Å²) in [6.45, 7) is 0.0893. The number of hydrogen-bond donors (Lipinski definition) is 1. The summed E-state index contributed by atoms with van der Waals surface area (Å²) >= 11 is 5.85. The van der Waals surface area contributed by atoms with Crippen LogP contribution in [0.3, 0.4) is 0 Å². The van der Waals surface area contributed by atoms with Crippen LogP contribution in [0.1, 0.15) is 54.3 Å². The molecule has 1 aliphatic carbocycles. The molecule has 0 unspecified atom stereocenters. The van der Waals surface area contributed by atoms with E-state index in [2.05, 4.69) is 20.8 Å². The number of amides is 1. The van der Waals surface area contributed by atoms with Gasteiger partial charge in [0.25, 0.3) is 11.6 Å². The van der Waals surface area contributed by atoms with Crippen LogP contribution in [0, 0.1) is 10.1 Å². The van der Waals surface area contributed by atoms with Gasteiger partial charge in [-0.1, -0.05) is 30.9 Å². The van der Waals surface area contributed by atoms with Crippen molar-refractivity contribution in [3.63, 3.8) is 0 Å². The summed E-state index contributed by atoms with van der Waals surface area (Å²) in [5.41, 5.74) is -0.386. The lowest BCUT2D eigenvalue weighted by Crippen LogP contribution is -2.27. The van der Waals surface area contributed by atoms with E-state index in [0.717, 1.165) is 25.7 Å². The van der Waals surface area contributed by atoms with Gasteiger partial charge in [-0.25, -0.2) is 4.68 Å². The van der Waals surface area contributed by atoms with Crippen LogP contribution in [0.15, 0.2) is 18.2 Å². The third-order valence-electron chi connectivity index (χ3n) is 4.29. The second-order valence-electron chi connectivity index (χ2n) is 5.93. The molecule has 2 aromatic rings. The molecule has 1 heterocycles. The molecule has 0 atom stereocenters. The standard InChI is InChI=1S/C15H17ClN6O3/c16-10-6-7-13(22(24)25)12(8-10)15(23)17-9-14-18-19-20-21(14)11-4-2-1-3-5-11/h6-8,11H,1-5,9H2,(H,17,23). The normalized spacial score (nSPS) is 15.1. The zero-order valence-electron chi connectivity index (χ0n) is 13.4. The number of benzene rings is 1. The topological polar surface area (TPSA) is 116 Å². The molecule has 0 aliphatic heterocycles. The van der Waals surface area contributed by atoms with Gasteiger partial charge in [0, 0.05) is 11.1 Å². The number of nitro groups is 1. The van der Waals surface area contributed by atoms with Crippen molar-refractivity contribution < 1.29 is 9.72 Å². The van der Waals surface area contributed by atoms with E-state index in [1.807, 2.05) is 0 Å². The van der Waals surface area contributed by atoms with Crippen LogP contribution in [0.2, 0.25) is 5.02 Å². The molecule has 1 N–H and O–H groups in total. The number of carbonyl (C=O) groups is 1. The molecule has 1 saturated carbocycles. The van der Waals surface area contributed by atoms with Gasteiger partial charge in [0.15, 0.2) is 5.82 Å². The maximum absolute atomic E-state index is 12.4. The molecule has 1 aromatic carbocycles. The third-order valence-corrected chi connectivity index (χ3v) is 4.52. The highest BCUT2D eigenvalue weighted by Gasteiger charge is 2.23. The van der Waals surface area contributed by atoms with Crippen molar-refractivity contribution in [1.29, 1.82) is 0 Å². The van der Waals surface area contributed by atoms with Crippen LogP contribution in [0.4, 0.5) is 5.69 Å². The molecular formula is C15H17ClN6O3. The molecule has 10 heteroatoms. The number of tetrazole rings is 1. The van der Waals surface area contributed by atoms with E-state index in [1.165, 1.54) is 24.6 Å². The van der Waals surface area contributed by atoms with Crippen LogP contribution in [0.25, 0.3) is 0 Å². The van der Waals surface area contributed by atoms with Crippen molar-refractivity contribution in [2.75, 3.05) is 0 Å². The van der Waals surface area contributed by atoms with Gasteiger partial charge in [0.1, 0.15) is 5.56 Å². The number of halogens is 1. The molecule has 0 radical (unpaired) electrons. The van der Waals surface area contributed by atoms with Crippen molar-refractivity contribution in [2.24, 2.45) is 0 Å². The van der Waals surface area contributed by atoms with Crippen molar-refractivity contribution in [3.8, 4) is 0 Å². The second-order valence-corrected chi connectivity index (χ2v) is 6.37. The van der Waals surface area contributed by atoms with Gasteiger partial charge < -0.3 is 5.32 Å². The van der Waals surface area contributed by atoms with Crippen molar-refractivity contribution in [3.05, 3.63) is 44.7 Å². The quantitative estimate of drug-likeness (QED) is 0.644. The summed E-state index contributed by atoms with van der Waals surface area (Å²) in [4.78, 5) is 22.8. The predicted octanol–water partition coefficient (Wildman–Crippen LogP) is 2.67. The van der Waals surface area contributed by atoms with Crippen molar-refractivity contribution in [1.82, 2.24) is 25.5 Å². The zero-order valence-corrected chi connectivity index (χ0v) is 14.1. The molecule has 0 bridgehead atoms. The Morgan fingerprint density at radius 2 is 2.12 bits per heavy atom. The Balaban J connectivity index is 1.72. The van der Waals surface area contributed by atoms with E-state index < -0.39 is 10.8 Å². The molecule has 1 fully saturated rings. The maximum atomic E-state index is 12.4. The van der Waals surface area contributed by atoms with Gasteiger partial charge >= 0.3 is 0 Å². The third kappa shape index (κ3) is 3.93. The molecule has 1 aliphatic rings. The Kier molecular flexibility index (Phi) is 5.22. The number of nitrogens with zero attached hydrogens (tertiary/aromatic N) is 5. The van der Waals surface area contributed by atoms with E-state index in [1.54, 1.807) is 4.68 Å². The summed E-state index contributed by atoms with van der Waals surface area (Å²) in [6.07, 6.45) is 5.48. The SMILES string of the molecule is O=C(NCc1nnnn1C1CCCCC1)c1cc(Cl)ccc1[N+](=O)[O-]. The number of nitrogens with one attached hydrogen (secondary N) is 1. The van der Waals surface area contributed by atoms with Crippen LogP contribution < -0.4 is 5.32 Å². The first-order chi connectivity index (χ1) is 12.1. The van der Waals surface area contributed by atoms with E-state index in [-0.39, 0.29) is 28.9 Å². The Hall–Kier alpha value is -2.55. The fourth-order valence-electron chi connectivity index (χ4n) is 3.04. The molecule has 0 spiro atoms. The minimum Gasteiger partial charge on any atom is -0.344 e. The number of nitro benzene ring substituents is 1. The number of rotatable bonds is 5. The lowest BCUT2D eigenvalue weighted by Gasteiger charge is -2.22. The average Bonchev–Trinajstić information content (AvgIpc) is 3.08. The highest BCUT2D eigenvalue weighted by molar-refractivity contribution is 6.31. The molecule has 25 heavy (non-hydrogen) atoms. The van der Waals surface area contributed by atoms with E-state index in [9.17, 15) is 14.9 Å². The number of hydrogen-bond acceptors (Lipinski definition) is 6. The van der Waals surface area contributed by atoms with E-state index >= 15 is 0 Å². The van der Waals surface area contributed by atoms with E-state index in [4.69, 9.17) is 11.6 Å². The van der Waals surface area contributed by atoms with Crippen LogP contribution in [-0.2, 0) is 6.54 Å². The largest absolute Gasteiger partial charge is 0.344 e. The fraction of sp³-hybridized carbons (Fsp3) is 0.467. The lowest BCUT2D eigenvalue weighted by atomic mass is 9.95. The Morgan fingerprint density at radius 1 is 1.36 bits per heavy atom. The molecule has 0 saturated heterocycles. The maximum Gasteiger partial charge on any atom is 0.282 e. The summed E-state index contributed by atoms with van der Waals surface area (Å²) < 4.78 is 1.74. The van der Waals surface area contributed by atoms with Gasteiger partial charge in [-0.3, -0.25) is 14.9 Å². The molecule has 1 amide bonds. The molecule has 3 rings (SSSR count). The monoisotopic (exact) mass is 364 g/mol. The van der Waals surface area contributed by atoms with Gasteiger partial charge in [-0.2, -0.15) is 0 Å². The number of carbonyl (C=O) groups excluding carboxylic acids is 1. The first kappa shape index (κ1) is 17.3. The second kappa shape index (κ2) is 7.56. The van der Waals surface area contributed by atoms with Crippen molar-refractivity contribution in [2.45, 2.75) is 44.7 Å². The Morgan fingerprint density at radius 3 is 2.84 bits per heavy atom. The summed E-state index contributed by atoms with van der Waals surface area (Å²) in [7, 11) is 0. The number of aromatic nitrogens is 4. The average molecular weight is 365 g/mol. The smallest absolute Gasteiger partial charge is 0.282 e. The highest BCUT2D eigenvalue weighted by atomic mass is 35.5. The first-order valence-electron chi connectivity index (χ1n) is 8.05. The van der Waals surface area contributed by atoms with Crippen LogP contribution >= 0.6 is 11.6 Å². The fourth-order valence-corrected chi connectivity index (χ4v) is 3.21. The van der Waals surface area contributed by atoms with Gasteiger partial charge in [0.2, 0.25) is 0 Å². The van der Waals surface area contributed by atoms with Crippen LogP contribution in [0.5, 0.6) is 0 Å². The van der Waals surface area contributed by atoms with Crippen molar-refractivity contribution >= 4 is 23.2 Å². The minimum atomic E-state index is -0.614. The summed E-state index contributed by atoms with van der Waals surface area (Å²) in [5, 5.41) is 25.6. The molecule has 9 nitrogen and oxygen atoms in total. The Bertz CT molecular complexity index is 787.